The van der Waals surface area contributed by atoms with Crippen molar-refractivity contribution in [2.75, 3.05) is 19.6 Å². The lowest BCUT2D eigenvalue weighted by Crippen LogP contribution is -2.32. The summed E-state index contributed by atoms with van der Waals surface area (Å²) in [6.07, 6.45) is 3.51. The van der Waals surface area contributed by atoms with Crippen molar-refractivity contribution in [3.8, 4) is 11.5 Å². The van der Waals surface area contributed by atoms with Crippen LogP contribution in [0.15, 0.2) is 28.9 Å². The van der Waals surface area contributed by atoms with Crippen molar-refractivity contribution in [1.82, 2.24) is 25.8 Å². The second-order valence-electron chi connectivity index (χ2n) is 4.83. The number of nitrogens with one attached hydrogen (secondary N) is 2. The Kier molecular flexibility index (Phi) is 6.50. The summed E-state index contributed by atoms with van der Waals surface area (Å²) in [4.78, 5) is 20.1. The Bertz CT molecular complexity index is 570. The highest BCUT2D eigenvalue weighted by Gasteiger charge is 2.10. The van der Waals surface area contributed by atoms with E-state index in [9.17, 15) is 4.79 Å². The summed E-state index contributed by atoms with van der Waals surface area (Å²) < 4.78 is 5.13. The van der Waals surface area contributed by atoms with Gasteiger partial charge in [-0.15, -0.1) is 0 Å². The number of aromatic nitrogens is 3. The van der Waals surface area contributed by atoms with Crippen LogP contribution in [0.3, 0.4) is 0 Å². The molecular weight excluding hydrogens is 282 g/mol. The smallest absolute Gasteiger partial charge is 0.227 e. The highest BCUT2D eigenvalue weighted by molar-refractivity contribution is 5.76. The molecule has 0 unspecified atom stereocenters. The number of nitrogens with zero attached hydrogens (tertiary/aromatic N) is 3. The van der Waals surface area contributed by atoms with Crippen LogP contribution in [0.1, 0.15) is 25.7 Å². The van der Waals surface area contributed by atoms with Gasteiger partial charge in [-0.1, -0.05) is 18.1 Å². The van der Waals surface area contributed by atoms with Gasteiger partial charge in [-0.3, -0.25) is 9.78 Å². The van der Waals surface area contributed by atoms with Gasteiger partial charge in [-0.2, -0.15) is 4.98 Å². The molecule has 0 spiro atoms. The summed E-state index contributed by atoms with van der Waals surface area (Å²) >= 11 is 0. The van der Waals surface area contributed by atoms with Crippen LogP contribution in [-0.4, -0.2) is 40.7 Å². The second-order valence-corrected chi connectivity index (χ2v) is 4.83. The van der Waals surface area contributed by atoms with Gasteiger partial charge in [0.05, 0.1) is 0 Å². The average molecular weight is 303 g/mol. The number of pyridine rings is 1. The molecule has 0 fully saturated rings. The fourth-order valence-corrected chi connectivity index (χ4v) is 1.86. The molecular formula is C15H21N5O2. The van der Waals surface area contributed by atoms with Crippen molar-refractivity contribution in [1.29, 1.82) is 0 Å². The molecule has 0 bridgehead atoms. The van der Waals surface area contributed by atoms with E-state index in [1.165, 1.54) is 0 Å². The number of carbonyl (C=O) groups is 1. The van der Waals surface area contributed by atoms with Crippen LogP contribution in [0.25, 0.3) is 11.5 Å². The molecule has 0 aromatic carbocycles. The lowest BCUT2D eigenvalue weighted by atomic mass is 10.3. The maximum absolute atomic E-state index is 11.7. The van der Waals surface area contributed by atoms with E-state index < -0.39 is 0 Å². The van der Waals surface area contributed by atoms with Crippen molar-refractivity contribution >= 4 is 5.91 Å². The minimum absolute atomic E-state index is 0.0177. The van der Waals surface area contributed by atoms with Gasteiger partial charge >= 0.3 is 0 Å². The third-order valence-corrected chi connectivity index (χ3v) is 2.98. The fourth-order valence-electron chi connectivity index (χ4n) is 1.86. The molecule has 0 saturated carbocycles. The van der Waals surface area contributed by atoms with Gasteiger partial charge in [-0.05, 0) is 25.1 Å². The minimum Gasteiger partial charge on any atom is -0.355 e. The first kappa shape index (κ1) is 16.1. The molecule has 1 amide bonds. The summed E-state index contributed by atoms with van der Waals surface area (Å²) in [5, 5.41) is 9.94. The average Bonchev–Trinajstić information content (AvgIpc) is 3.02. The summed E-state index contributed by atoms with van der Waals surface area (Å²) in [7, 11) is 0. The van der Waals surface area contributed by atoms with Gasteiger partial charge < -0.3 is 15.2 Å². The lowest BCUT2D eigenvalue weighted by molar-refractivity contribution is -0.121. The third kappa shape index (κ3) is 5.25. The van der Waals surface area contributed by atoms with Gasteiger partial charge in [0.25, 0.3) is 0 Å². The van der Waals surface area contributed by atoms with Crippen LogP contribution in [-0.2, 0) is 11.2 Å². The van der Waals surface area contributed by atoms with Gasteiger partial charge in [0.15, 0.2) is 0 Å². The van der Waals surface area contributed by atoms with Crippen molar-refractivity contribution in [3.05, 3.63) is 30.3 Å². The Hall–Kier alpha value is -2.28. The molecule has 2 rings (SSSR count). The number of rotatable bonds is 9. The predicted octanol–water partition coefficient (Wildman–Crippen LogP) is 1.18. The van der Waals surface area contributed by atoms with E-state index in [-0.39, 0.29) is 5.91 Å². The zero-order chi connectivity index (χ0) is 15.6. The summed E-state index contributed by atoms with van der Waals surface area (Å²) in [6.45, 7) is 4.48. The van der Waals surface area contributed by atoms with Crippen LogP contribution in [0.2, 0.25) is 0 Å². The normalized spacial score (nSPS) is 10.6. The maximum Gasteiger partial charge on any atom is 0.227 e. The Morgan fingerprint density at radius 2 is 2.18 bits per heavy atom. The van der Waals surface area contributed by atoms with Gasteiger partial charge in [0.1, 0.15) is 5.69 Å². The van der Waals surface area contributed by atoms with Crippen molar-refractivity contribution in [3.63, 3.8) is 0 Å². The van der Waals surface area contributed by atoms with E-state index in [1.807, 2.05) is 18.2 Å². The molecule has 0 aliphatic carbocycles. The van der Waals surface area contributed by atoms with E-state index in [0.29, 0.717) is 36.8 Å². The van der Waals surface area contributed by atoms with Crippen LogP contribution >= 0.6 is 0 Å². The monoisotopic (exact) mass is 303 g/mol. The molecule has 0 atom stereocenters. The molecule has 0 saturated heterocycles. The zero-order valence-corrected chi connectivity index (χ0v) is 12.7. The van der Waals surface area contributed by atoms with Crippen molar-refractivity contribution in [2.45, 2.75) is 26.2 Å². The van der Waals surface area contributed by atoms with Gasteiger partial charge in [0, 0.05) is 32.1 Å². The van der Waals surface area contributed by atoms with E-state index in [2.05, 4.69) is 32.7 Å². The molecule has 2 aromatic rings. The molecule has 2 N–H and O–H groups in total. The first-order valence-electron chi connectivity index (χ1n) is 7.51. The largest absolute Gasteiger partial charge is 0.355 e. The molecule has 0 aliphatic rings. The Labute approximate surface area is 129 Å². The Balaban J connectivity index is 1.71. The van der Waals surface area contributed by atoms with E-state index in [0.717, 1.165) is 19.5 Å². The Morgan fingerprint density at radius 3 is 2.95 bits per heavy atom. The molecule has 2 aromatic heterocycles. The zero-order valence-electron chi connectivity index (χ0n) is 12.7. The molecule has 22 heavy (non-hydrogen) atoms. The van der Waals surface area contributed by atoms with Crippen LogP contribution < -0.4 is 10.6 Å². The van der Waals surface area contributed by atoms with Crippen LogP contribution in [0.4, 0.5) is 0 Å². The highest BCUT2D eigenvalue weighted by Crippen LogP contribution is 2.12. The number of hydrogen-bond donors (Lipinski definition) is 2. The van der Waals surface area contributed by atoms with Crippen molar-refractivity contribution < 1.29 is 9.32 Å². The summed E-state index contributed by atoms with van der Waals surface area (Å²) in [6, 6.07) is 5.49. The van der Waals surface area contributed by atoms with E-state index in [4.69, 9.17) is 4.52 Å². The number of carbonyl (C=O) groups excluding carboxylic acids is 1. The molecule has 0 aliphatic heterocycles. The molecule has 118 valence electrons. The molecule has 7 nitrogen and oxygen atoms in total. The molecule has 0 radical (unpaired) electrons. The summed E-state index contributed by atoms with van der Waals surface area (Å²) in [5.74, 6) is 0.871. The maximum atomic E-state index is 11.7. The first-order chi connectivity index (χ1) is 10.8. The third-order valence-electron chi connectivity index (χ3n) is 2.98. The highest BCUT2D eigenvalue weighted by atomic mass is 16.5. The quantitative estimate of drug-likeness (QED) is 0.676. The van der Waals surface area contributed by atoms with Crippen LogP contribution in [0, 0.1) is 0 Å². The number of hydrogen-bond acceptors (Lipinski definition) is 6. The summed E-state index contributed by atoms with van der Waals surface area (Å²) in [5.41, 5.74) is 0.656. The van der Waals surface area contributed by atoms with E-state index >= 15 is 0 Å². The van der Waals surface area contributed by atoms with Gasteiger partial charge in [0.2, 0.25) is 17.6 Å². The standard InChI is InChI=1S/C15H21N5O2/c1-2-8-16-10-11-18-13(21)6-7-14-19-15(20-22-14)12-5-3-4-9-17-12/h3-5,9,16H,2,6-8,10-11H2,1H3,(H,18,21). The predicted molar refractivity (Wildman–Crippen MR) is 82.0 cm³/mol. The fraction of sp³-hybridized carbons (Fsp3) is 0.467. The second kappa shape index (κ2) is 8.89. The number of aryl methyl sites for hydroxylation is 1. The Morgan fingerprint density at radius 1 is 1.27 bits per heavy atom. The van der Waals surface area contributed by atoms with E-state index in [1.54, 1.807) is 6.20 Å². The molecule has 2 heterocycles. The van der Waals surface area contributed by atoms with Crippen LogP contribution in [0.5, 0.6) is 0 Å². The molecule has 7 heteroatoms. The minimum atomic E-state index is -0.0177. The van der Waals surface area contributed by atoms with Gasteiger partial charge in [-0.25, -0.2) is 0 Å². The lowest BCUT2D eigenvalue weighted by Gasteiger charge is -2.04. The number of amides is 1. The topological polar surface area (TPSA) is 92.9 Å². The van der Waals surface area contributed by atoms with Crippen molar-refractivity contribution in [2.24, 2.45) is 0 Å². The SMILES string of the molecule is CCCNCCNC(=O)CCc1nc(-c2ccccn2)no1. The first-order valence-corrected chi connectivity index (χ1v) is 7.51.